The van der Waals surface area contributed by atoms with E-state index in [1.54, 1.807) is 0 Å². The SMILES string of the molecule is Cl.Nc1cc(F)c(-c2c(F)cccc2F)nc1C(=O)Nc1cncnc1OCC1CCCNC1. The molecule has 0 saturated carbocycles. The summed E-state index contributed by atoms with van der Waals surface area (Å²) in [5, 5.41) is 5.81. The van der Waals surface area contributed by atoms with E-state index >= 15 is 0 Å². The van der Waals surface area contributed by atoms with E-state index in [0.29, 0.717) is 12.5 Å². The lowest BCUT2D eigenvalue weighted by atomic mass is 10.0. The van der Waals surface area contributed by atoms with Crippen LogP contribution in [-0.4, -0.2) is 40.6 Å². The predicted octanol–water partition coefficient (Wildman–Crippen LogP) is 3.59. The van der Waals surface area contributed by atoms with Crippen molar-refractivity contribution in [3.8, 4) is 17.1 Å². The number of nitrogens with zero attached hydrogens (tertiary/aromatic N) is 3. The summed E-state index contributed by atoms with van der Waals surface area (Å²) in [6, 6.07) is 3.85. The number of amides is 1. The molecule has 1 aliphatic rings. The van der Waals surface area contributed by atoms with Crippen molar-refractivity contribution in [3.63, 3.8) is 0 Å². The molecule has 0 bridgehead atoms. The van der Waals surface area contributed by atoms with E-state index < -0.39 is 40.3 Å². The Morgan fingerprint density at radius 3 is 2.71 bits per heavy atom. The molecule has 4 N–H and O–H groups in total. The highest BCUT2D eigenvalue weighted by Gasteiger charge is 2.23. The van der Waals surface area contributed by atoms with Crippen molar-refractivity contribution in [2.24, 2.45) is 5.92 Å². The molecule has 2 aromatic heterocycles. The first-order chi connectivity index (χ1) is 15.9. The van der Waals surface area contributed by atoms with Crippen molar-refractivity contribution in [2.75, 3.05) is 30.7 Å². The fourth-order valence-corrected chi connectivity index (χ4v) is 3.55. The third kappa shape index (κ3) is 5.54. The van der Waals surface area contributed by atoms with Gasteiger partial charge in [-0.05, 0) is 31.5 Å². The number of anilines is 2. The molecule has 1 fully saturated rings. The molecule has 8 nitrogen and oxygen atoms in total. The molecule has 1 aliphatic heterocycles. The topological polar surface area (TPSA) is 115 Å². The lowest BCUT2D eigenvalue weighted by Crippen LogP contribution is -2.33. The maximum Gasteiger partial charge on any atom is 0.276 e. The number of carbonyl (C=O) groups is 1. The van der Waals surface area contributed by atoms with E-state index in [1.807, 2.05) is 0 Å². The Labute approximate surface area is 199 Å². The molecule has 180 valence electrons. The highest BCUT2D eigenvalue weighted by molar-refractivity contribution is 6.07. The van der Waals surface area contributed by atoms with Crippen LogP contribution in [0, 0.1) is 23.4 Å². The number of hydrogen-bond acceptors (Lipinski definition) is 7. The minimum atomic E-state index is -1.07. The Hall–Kier alpha value is -3.44. The van der Waals surface area contributed by atoms with Gasteiger partial charge in [0, 0.05) is 18.5 Å². The van der Waals surface area contributed by atoms with Crippen molar-refractivity contribution in [2.45, 2.75) is 12.8 Å². The average molecular weight is 495 g/mol. The first-order valence-electron chi connectivity index (χ1n) is 10.3. The van der Waals surface area contributed by atoms with E-state index in [-0.39, 0.29) is 29.7 Å². The van der Waals surface area contributed by atoms with Gasteiger partial charge in [-0.15, -0.1) is 12.4 Å². The summed E-state index contributed by atoms with van der Waals surface area (Å²) >= 11 is 0. The predicted molar refractivity (Wildman–Crippen MR) is 122 cm³/mol. The number of nitrogens with one attached hydrogen (secondary N) is 2. The molecular weight excluding hydrogens is 473 g/mol. The number of benzene rings is 1. The Kier molecular flexibility index (Phi) is 8.24. The van der Waals surface area contributed by atoms with Crippen molar-refractivity contribution in [1.82, 2.24) is 20.3 Å². The summed E-state index contributed by atoms with van der Waals surface area (Å²) in [6.45, 7) is 2.18. The molecule has 0 spiro atoms. The zero-order chi connectivity index (χ0) is 23.4. The van der Waals surface area contributed by atoms with Crippen LogP contribution in [0.4, 0.5) is 24.5 Å². The fraction of sp³-hybridized carbons (Fsp3) is 0.273. The summed E-state index contributed by atoms with van der Waals surface area (Å²) in [5.41, 5.74) is 3.83. The summed E-state index contributed by atoms with van der Waals surface area (Å²) < 4.78 is 48.6. The van der Waals surface area contributed by atoms with Crippen molar-refractivity contribution >= 4 is 29.7 Å². The molecule has 1 saturated heterocycles. The number of nitrogen functional groups attached to an aromatic ring is 1. The van der Waals surface area contributed by atoms with Crippen LogP contribution in [0.25, 0.3) is 11.3 Å². The van der Waals surface area contributed by atoms with Gasteiger partial charge in [0.15, 0.2) is 11.5 Å². The van der Waals surface area contributed by atoms with Gasteiger partial charge in [0.2, 0.25) is 5.88 Å². The van der Waals surface area contributed by atoms with Gasteiger partial charge in [-0.2, -0.15) is 4.98 Å². The number of pyridine rings is 1. The smallest absolute Gasteiger partial charge is 0.276 e. The van der Waals surface area contributed by atoms with Gasteiger partial charge in [0.05, 0.1) is 24.1 Å². The largest absolute Gasteiger partial charge is 0.476 e. The monoisotopic (exact) mass is 494 g/mol. The van der Waals surface area contributed by atoms with Gasteiger partial charge in [-0.1, -0.05) is 6.07 Å². The molecule has 0 radical (unpaired) electrons. The zero-order valence-electron chi connectivity index (χ0n) is 17.9. The number of ether oxygens (including phenoxy) is 1. The van der Waals surface area contributed by atoms with Crippen LogP contribution in [0.2, 0.25) is 0 Å². The summed E-state index contributed by atoms with van der Waals surface area (Å²) in [4.78, 5) is 24.6. The maximum atomic E-state index is 14.5. The van der Waals surface area contributed by atoms with Gasteiger partial charge in [0.1, 0.15) is 29.3 Å². The second-order valence-electron chi connectivity index (χ2n) is 7.57. The number of carbonyl (C=O) groups excluding carboxylic acids is 1. The highest BCUT2D eigenvalue weighted by atomic mass is 35.5. The average Bonchev–Trinajstić information content (AvgIpc) is 2.80. The molecule has 1 amide bonds. The summed E-state index contributed by atoms with van der Waals surface area (Å²) in [5.74, 6) is -3.52. The van der Waals surface area contributed by atoms with Gasteiger partial charge < -0.3 is 21.1 Å². The van der Waals surface area contributed by atoms with Gasteiger partial charge in [-0.3, -0.25) is 4.79 Å². The fourth-order valence-electron chi connectivity index (χ4n) is 3.55. The number of piperidine rings is 1. The molecule has 0 aliphatic carbocycles. The van der Waals surface area contributed by atoms with E-state index in [1.165, 1.54) is 12.5 Å². The third-order valence-corrected chi connectivity index (χ3v) is 5.20. The van der Waals surface area contributed by atoms with Crippen LogP contribution in [0.3, 0.4) is 0 Å². The first-order valence-corrected chi connectivity index (χ1v) is 10.3. The van der Waals surface area contributed by atoms with E-state index in [9.17, 15) is 18.0 Å². The van der Waals surface area contributed by atoms with Crippen molar-refractivity contribution in [3.05, 3.63) is 59.9 Å². The minimum absolute atomic E-state index is 0. The molecule has 3 heterocycles. The molecular formula is C22H22ClF3N6O2. The molecule has 1 unspecified atom stereocenters. The van der Waals surface area contributed by atoms with Crippen LogP contribution in [0.5, 0.6) is 5.88 Å². The van der Waals surface area contributed by atoms with Crippen molar-refractivity contribution in [1.29, 1.82) is 0 Å². The number of rotatable bonds is 6. The van der Waals surface area contributed by atoms with Crippen LogP contribution < -0.4 is 21.1 Å². The van der Waals surface area contributed by atoms with Gasteiger partial charge >= 0.3 is 0 Å². The second kappa shape index (κ2) is 11.1. The van der Waals surface area contributed by atoms with Crippen LogP contribution in [-0.2, 0) is 0 Å². The Morgan fingerprint density at radius 1 is 1.24 bits per heavy atom. The van der Waals surface area contributed by atoms with E-state index in [0.717, 1.165) is 50.2 Å². The molecule has 34 heavy (non-hydrogen) atoms. The third-order valence-electron chi connectivity index (χ3n) is 5.20. The standard InChI is InChI=1S/C22H21F3N6O2.ClH/c23-13-4-1-5-14(24)18(13)19-15(25)7-16(26)20(31-19)21(32)30-17-9-28-11-29-22(17)33-10-12-3-2-6-27-8-12;/h1,4-5,7,9,11-12,27H,2-3,6,8,10,26H2,(H,30,32);1H. The second-order valence-corrected chi connectivity index (χ2v) is 7.57. The molecule has 1 aromatic carbocycles. The molecule has 12 heteroatoms. The van der Waals surface area contributed by atoms with Gasteiger partial charge in [-0.25, -0.2) is 23.1 Å². The number of halogens is 4. The normalized spacial score (nSPS) is 15.3. The maximum absolute atomic E-state index is 14.5. The number of aromatic nitrogens is 3. The van der Waals surface area contributed by atoms with Gasteiger partial charge in [0.25, 0.3) is 5.91 Å². The highest BCUT2D eigenvalue weighted by Crippen LogP contribution is 2.29. The van der Waals surface area contributed by atoms with Crippen LogP contribution >= 0.6 is 12.4 Å². The number of hydrogen-bond donors (Lipinski definition) is 3. The first kappa shape index (κ1) is 25.2. The number of nitrogens with two attached hydrogens (primary N) is 1. The Balaban J connectivity index is 0.00000324. The molecule has 1 atom stereocenters. The minimum Gasteiger partial charge on any atom is -0.476 e. The van der Waals surface area contributed by atoms with Crippen molar-refractivity contribution < 1.29 is 22.7 Å². The Morgan fingerprint density at radius 2 is 2.00 bits per heavy atom. The van der Waals surface area contributed by atoms with E-state index in [4.69, 9.17) is 10.5 Å². The van der Waals surface area contributed by atoms with Crippen LogP contribution in [0.15, 0.2) is 36.8 Å². The summed E-state index contributed by atoms with van der Waals surface area (Å²) in [6.07, 6.45) is 4.65. The zero-order valence-corrected chi connectivity index (χ0v) is 18.7. The van der Waals surface area contributed by atoms with E-state index in [2.05, 4.69) is 25.6 Å². The molecule has 4 rings (SSSR count). The quantitative estimate of drug-likeness (QED) is 0.479. The molecule has 3 aromatic rings. The summed E-state index contributed by atoms with van der Waals surface area (Å²) in [7, 11) is 0. The van der Waals surface area contributed by atoms with Crippen LogP contribution in [0.1, 0.15) is 23.3 Å². The lowest BCUT2D eigenvalue weighted by molar-refractivity contribution is 0.102. The Bertz CT molecular complexity index is 1160. The lowest BCUT2D eigenvalue weighted by Gasteiger charge is -2.22.